The summed E-state index contributed by atoms with van der Waals surface area (Å²) in [5.41, 5.74) is 12.7. The van der Waals surface area contributed by atoms with Crippen LogP contribution in [-0.2, 0) is 19.3 Å². The lowest BCUT2D eigenvalue weighted by molar-refractivity contribution is 0.608. The van der Waals surface area contributed by atoms with Gasteiger partial charge >= 0.3 is 0 Å². The van der Waals surface area contributed by atoms with E-state index in [1.165, 1.54) is 36.8 Å². The Morgan fingerprint density at radius 3 is 1.97 bits per heavy atom. The van der Waals surface area contributed by atoms with E-state index >= 15 is 0 Å². The van der Waals surface area contributed by atoms with Crippen LogP contribution in [0.25, 0.3) is 11.1 Å². The van der Waals surface area contributed by atoms with Crippen LogP contribution in [0.2, 0.25) is 0 Å². The predicted molar refractivity (Wildman–Crippen MR) is 127 cm³/mol. The Labute approximate surface area is 176 Å². The van der Waals surface area contributed by atoms with Crippen LogP contribution in [0.5, 0.6) is 0 Å². The predicted octanol–water partition coefficient (Wildman–Crippen LogP) is 7.24. The maximum atomic E-state index is 2.63. The molecule has 3 aliphatic rings. The van der Waals surface area contributed by atoms with Gasteiger partial charge in [0.05, 0.1) is 0 Å². The summed E-state index contributed by atoms with van der Waals surface area (Å²) < 4.78 is 0. The monoisotopic (exact) mass is 398 g/mol. The van der Waals surface area contributed by atoms with Gasteiger partial charge in [-0.15, -0.1) is 0 Å². The Morgan fingerprint density at radius 2 is 1.31 bits per heavy atom. The zero-order chi connectivity index (χ0) is 19.8. The van der Waals surface area contributed by atoms with E-state index in [1.54, 1.807) is 33.4 Å². The molecule has 6 rings (SSSR count). The van der Waals surface area contributed by atoms with Crippen LogP contribution >= 0.6 is 10.0 Å². The largest absolute Gasteiger partial charge is 0.229 e. The molecule has 29 heavy (non-hydrogen) atoms. The van der Waals surface area contributed by atoms with Gasteiger partial charge in [-0.2, -0.15) is 0 Å². The van der Waals surface area contributed by atoms with Crippen LogP contribution in [0.3, 0.4) is 0 Å². The average molecular weight is 399 g/mol. The fraction of sp³-hybridized carbons (Fsp3) is 0.357. The second kappa shape index (κ2) is 6.25. The lowest BCUT2D eigenvalue weighted by Gasteiger charge is -2.47. The van der Waals surface area contributed by atoms with Crippen molar-refractivity contribution >= 4 is 10.0 Å². The van der Waals surface area contributed by atoms with Crippen LogP contribution in [0, 0.1) is 5.92 Å². The molecule has 0 amide bonds. The molecule has 0 fully saturated rings. The molecule has 3 aliphatic carbocycles. The van der Waals surface area contributed by atoms with Crippen molar-refractivity contribution in [3.05, 3.63) is 94.0 Å². The van der Waals surface area contributed by atoms with Crippen molar-refractivity contribution in [3.8, 4) is 11.1 Å². The number of hydrogen-bond acceptors (Lipinski definition) is 0. The van der Waals surface area contributed by atoms with Crippen molar-refractivity contribution in [2.24, 2.45) is 5.92 Å². The Balaban J connectivity index is 1.52. The van der Waals surface area contributed by atoms with Crippen LogP contribution < -0.4 is 0 Å². The second-order valence-corrected chi connectivity index (χ2v) is 13.8. The molecule has 0 aliphatic heterocycles. The van der Waals surface area contributed by atoms with E-state index in [-0.39, 0.29) is 0 Å². The molecule has 2 atom stereocenters. The quantitative estimate of drug-likeness (QED) is 0.427. The van der Waals surface area contributed by atoms with E-state index in [9.17, 15) is 0 Å². The highest BCUT2D eigenvalue weighted by Crippen LogP contribution is 2.73. The second-order valence-electron chi connectivity index (χ2n) is 9.82. The first kappa shape index (κ1) is 17.8. The first-order chi connectivity index (χ1) is 14.1. The molecule has 0 radical (unpaired) electrons. The minimum Gasteiger partial charge on any atom is -0.229 e. The average Bonchev–Trinajstić information content (AvgIpc) is 3.38. The number of aryl methyl sites for hydroxylation is 2. The molecule has 0 heterocycles. The maximum absolute atomic E-state index is 2.63. The van der Waals surface area contributed by atoms with E-state index in [2.05, 4.69) is 80.1 Å². The molecule has 0 aromatic heterocycles. The fourth-order valence-corrected chi connectivity index (χ4v) is 10.9. The molecular weight excluding hydrogens is 368 g/mol. The van der Waals surface area contributed by atoms with Crippen molar-refractivity contribution in [1.29, 1.82) is 0 Å². The molecular formula is C28H30S. The molecule has 148 valence electrons. The van der Waals surface area contributed by atoms with Crippen LogP contribution in [0.15, 0.2) is 60.7 Å². The van der Waals surface area contributed by atoms with Gasteiger partial charge in [0.15, 0.2) is 0 Å². The standard InChI is InChI=1S/C28H30S/c1-18-15-21-16-19-9-8-10-20(19)17-26(21)27(18)29(2,3)28-24-13-6-4-11-22(24)23-12-5-7-14-25(23)28/h4-7,11-14,16-18,27-28H,8-10,15H2,1-3H3. The summed E-state index contributed by atoms with van der Waals surface area (Å²) in [6.45, 7) is 2.51. The van der Waals surface area contributed by atoms with Gasteiger partial charge in [0, 0.05) is 10.5 Å². The number of rotatable bonds is 2. The number of hydrogen-bond donors (Lipinski definition) is 0. The van der Waals surface area contributed by atoms with Gasteiger partial charge in [-0.3, -0.25) is 0 Å². The SMILES string of the molecule is CC1Cc2cc3c(cc2C1S(C)(C)C1c2ccccc2-c2ccccc21)CCC3. The molecule has 1 heteroatoms. The fourth-order valence-electron chi connectivity index (χ4n) is 6.73. The third-order valence-corrected chi connectivity index (χ3v) is 11.5. The molecule has 0 spiro atoms. The third-order valence-electron chi connectivity index (χ3n) is 7.76. The smallest absolute Gasteiger partial charge is 0.0405 e. The van der Waals surface area contributed by atoms with E-state index in [4.69, 9.17) is 0 Å². The van der Waals surface area contributed by atoms with Gasteiger partial charge in [0.1, 0.15) is 0 Å². The normalized spacial score (nSPS) is 22.9. The Kier molecular flexibility index (Phi) is 3.84. The van der Waals surface area contributed by atoms with Crippen molar-refractivity contribution in [2.45, 2.75) is 43.1 Å². The summed E-state index contributed by atoms with van der Waals surface area (Å²) in [5.74, 6) is 0.734. The van der Waals surface area contributed by atoms with Gasteiger partial charge in [0.2, 0.25) is 0 Å². The molecule has 0 saturated carbocycles. The summed E-state index contributed by atoms with van der Waals surface area (Å²) in [6, 6.07) is 23.6. The first-order valence-corrected chi connectivity index (χ1v) is 13.7. The molecule has 0 bridgehead atoms. The van der Waals surface area contributed by atoms with Crippen LogP contribution in [0.1, 0.15) is 57.2 Å². The van der Waals surface area contributed by atoms with E-state index in [0.29, 0.717) is 10.5 Å². The molecule has 3 aromatic rings. The summed E-state index contributed by atoms with van der Waals surface area (Å²) >= 11 is 0. The summed E-state index contributed by atoms with van der Waals surface area (Å²) in [7, 11) is -0.945. The molecule has 3 aromatic carbocycles. The molecule has 0 nitrogen and oxygen atoms in total. The van der Waals surface area contributed by atoms with Gasteiger partial charge in [-0.1, -0.05) is 67.6 Å². The highest BCUT2D eigenvalue weighted by molar-refractivity contribution is 8.33. The summed E-state index contributed by atoms with van der Waals surface area (Å²) in [6.07, 6.45) is 10.4. The van der Waals surface area contributed by atoms with E-state index in [0.717, 1.165) is 5.92 Å². The lowest BCUT2D eigenvalue weighted by atomic mass is 10.0. The molecule has 0 saturated heterocycles. The van der Waals surface area contributed by atoms with Crippen molar-refractivity contribution in [1.82, 2.24) is 0 Å². The van der Waals surface area contributed by atoms with Gasteiger partial charge in [-0.05, 0) is 88.6 Å². The van der Waals surface area contributed by atoms with Crippen LogP contribution in [0.4, 0.5) is 0 Å². The molecule has 2 unspecified atom stereocenters. The maximum Gasteiger partial charge on any atom is 0.0405 e. The highest BCUT2D eigenvalue weighted by Gasteiger charge is 2.45. The van der Waals surface area contributed by atoms with Gasteiger partial charge in [0.25, 0.3) is 0 Å². The van der Waals surface area contributed by atoms with E-state index < -0.39 is 10.0 Å². The van der Waals surface area contributed by atoms with Gasteiger partial charge < -0.3 is 0 Å². The number of benzene rings is 3. The van der Waals surface area contributed by atoms with Crippen molar-refractivity contribution < 1.29 is 0 Å². The van der Waals surface area contributed by atoms with Gasteiger partial charge in [-0.25, -0.2) is 10.0 Å². The number of fused-ring (bicyclic) bond motifs is 5. The Hall–Kier alpha value is -1.99. The zero-order valence-electron chi connectivity index (χ0n) is 17.7. The van der Waals surface area contributed by atoms with E-state index in [1.807, 2.05) is 0 Å². The van der Waals surface area contributed by atoms with Crippen LogP contribution in [-0.4, -0.2) is 12.5 Å². The lowest BCUT2D eigenvalue weighted by Crippen LogP contribution is -2.19. The molecule has 0 N–H and O–H groups in total. The van der Waals surface area contributed by atoms with Crippen molar-refractivity contribution in [3.63, 3.8) is 0 Å². The minimum absolute atomic E-state index is 0.543. The summed E-state index contributed by atoms with van der Waals surface area (Å²) in [5, 5.41) is 1.23. The zero-order valence-corrected chi connectivity index (χ0v) is 18.6. The Morgan fingerprint density at radius 1 is 0.724 bits per heavy atom. The highest BCUT2D eigenvalue weighted by atomic mass is 32.3. The topological polar surface area (TPSA) is 0 Å². The third kappa shape index (κ3) is 2.46. The van der Waals surface area contributed by atoms with Crippen molar-refractivity contribution in [2.75, 3.05) is 12.5 Å². The minimum atomic E-state index is -0.945. The Bertz CT molecular complexity index is 1080. The summed E-state index contributed by atoms with van der Waals surface area (Å²) in [4.78, 5) is 0. The first-order valence-electron chi connectivity index (χ1n) is 11.1.